The quantitative estimate of drug-likeness (QED) is 0.563. The Kier molecular flexibility index (Phi) is 6.86. The molecule has 3 N–H and O–H groups in total. The number of hydrogen-bond acceptors (Lipinski definition) is 5. The smallest absolute Gasteiger partial charge is 0.325 e. The van der Waals surface area contributed by atoms with Crippen molar-refractivity contribution in [1.29, 1.82) is 0 Å². The van der Waals surface area contributed by atoms with Crippen molar-refractivity contribution in [3.8, 4) is 5.75 Å². The highest BCUT2D eigenvalue weighted by molar-refractivity contribution is 6.04. The second kappa shape index (κ2) is 9.75. The van der Waals surface area contributed by atoms with Gasteiger partial charge in [-0.1, -0.05) is 18.2 Å². The molecule has 0 spiro atoms. The fourth-order valence-corrected chi connectivity index (χ4v) is 3.21. The van der Waals surface area contributed by atoms with Gasteiger partial charge in [0.2, 0.25) is 11.8 Å². The number of imide groups is 1. The van der Waals surface area contributed by atoms with Crippen molar-refractivity contribution >= 4 is 35.1 Å². The predicted molar refractivity (Wildman–Crippen MR) is 114 cm³/mol. The number of nitrogens with one attached hydrogen (secondary N) is 3. The van der Waals surface area contributed by atoms with Crippen LogP contribution in [0.2, 0.25) is 0 Å². The Labute approximate surface area is 179 Å². The summed E-state index contributed by atoms with van der Waals surface area (Å²) in [6, 6.07) is 12.6. The monoisotopic (exact) mass is 424 g/mol. The van der Waals surface area contributed by atoms with Gasteiger partial charge >= 0.3 is 6.03 Å². The van der Waals surface area contributed by atoms with Gasteiger partial charge in [-0.2, -0.15) is 0 Å². The van der Waals surface area contributed by atoms with Gasteiger partial charge in [0.1, 0.15) is 11.8 Å². The average molecular weight is 424 g/mol. The van der Waals surface area contributed by atoms with Crippen molar-refractivity contribution in [2.45, 2.75) is 32.4 Å². The number of anilines is 2. The van der Waals surface area contributed by atoms with Crippen LogP contribution in [-0.4, -0.2) is 41.8 Å². The number of carbonyl (C=O) groups excluding carboxylic acids is 4. The molecule has 0 bridgehead atoms. The predicted octanol–water partition coefficient (Wildman–Crippen LogP) is 2.49. The van der Waals surface area contributed by atoms with E-state index >= 15 is 0 Å². The molecule has 3 rings (SSSR count). The highest BCUT2D eigenvalue weighted by Crippen LogP contribution is 2.19. The van der Waals surface area contributed by atoms with Crippen molar-refractivity contribution in [2.24, 2.45) is 0 Å². The first-order chi connectivity index (χ1) is 14.9. The maximum Gasteiger partial charge on any atom is 0.325 e. The van der Waals surface area contributed by atoms with Crippen LogP contribution in [0.1, 0.15) is 25.3 Å². The standard InChI is InChI=1S/C22H24N4O5/c1-14(27)23-16-4-3-5-17(12-16)24-20(28)11-10-19-21(29)26(22(30)25-19)13-15-6-8-18(31-2)9-7-15/h3-9,12,19H,10-11,13H2,1-2H3,(H,23,27)(H,24,28)(H,25,30)/t19-/m1/s1. The molecule has 0 aromatic heterocycles. The van der Waals surface area contributed by atoms with Gasteiger partial charge in [-0.05, 0) is 42.3 Å². The van der Waals surface area contributed by atoms with Crippen LogP contribution in [0.15, 0.2) is 48.5 Å². The lowest BCUT2D eigenvalue weighted by atomic mass is 10.1. The minimum absolute atomic E-state index is 0.0530. The summed E-state index contributed by atoms with van der Waals surface area (Å²) in [5.41, 5.74) is 1.89. The first-order valence-corrected chi connectivity index (χ1v) is 9.78. The highest BCUT2D eigenvalue weighted by Gasteiger charge is 2.37. The van der Waals surface area contributed by atoms with Gasteiger partial charge in [-0.15, -0.1) is 0 Å². The van der Waals surface area contributed by atoms with E-state index in [9.17, 15) is 19.2 Å². The fourth-order valence-electron chi connectivity index (χ4n) is 3.21. The molecule has 0 saturated carbocycles. The van der Waals surface area contributed by atoms with E-state index in [1.807, 2.05) is 0 Å². The Morgan fingerprint density at radius 1 is 1.06 bits per heavy atom. The third-order valence-electron chi connectivity index (χ3n) is 4.73. The van der Waals surface area contributed by atoms with Crippen molar-refractivity contribution in [3.63, 3.8) is 0 Å². The van der Waals surface area contributed by atoms with Crippen molar-refractivity contribution in [2.75, 3.05) is 17.7 Å². The molecular formula is C22H24N4O5. The van der Waals surface area contributed by atoms with Crippen LogP contribution >= 0.6 is 0 Å². The van der Waals surface area contributed by atoms with E-state index in [2.05, 4.69) is 16.0 Å². The molecule has 1 saturated heterocycles. The van der Waals surface area contributed by atoms with Gasteiger partial charge < -0.3 is 20.7 Å². The van der Waals surface area contributed by atoms with Gasteiger partial charge in [0, 0.05) is 24.7 Å². The topological polar surface area (TPSA) is 117 Å². The molecule has 0 radical (unpaired) electrons. The van der Waals surface area contributed by atoms with E-state index in [0.29, 0.717) is 17.1 Å². The molecule has 1 fully saturated rings. The number of amides is 5. The van der Waals surface area contributed by atoms with Gasteiger partial charge in [-0.3, -0.25) is 19.3 Å². The molecule has 9 heteroatoms. The summed E-state index contributed by atoms with van der Waals surface area (Å²) in [7, 11) is 1.56. The zero-order chi connectivity index (χ0) is 22.4. The van der Waals surface area contributed by atoms with E-state index in [1.165, 1.54) is 6.92 Å². The van der Waals surface area contributed by atoms with E-state index in [1.54, 1.807) is 55.6 Å². The summed E-state index contributed by atoms with van der Waals surface area (Å²) in [6.07, 6.45) is 0.234. The summed E-state index contributed by atoms with van der Waals surface area (Å²) < 4.78 is 5.10. The van der Waals surface area contributed by atoms with Crippen LogP contribution < -0.4 is 20.7 Å². The van der Waals surface area contributed by atoms with Crippen LogP contribution in [0.3, 0.4) is 0 Å². The molecular weight excluding hydrogens is 400 g/mol. The average Bonchev–Trinajstić information content (AvgIpc) is 3.00. The Hall–Kier alpha value is -3.88. The normalized spacial score (nSPS) is 15.4. The summed E-state index contributed by atoms with van der Waals surface area (Å²) in [6.45, 7) is 1.55. The van der Waals surface area contributed by atoms with Crippen LogP contribution in [0.5, 0.6) is 5.75 Å². The first-order valence-electron chi connectivity index (χ1n) is 9.78. The van der Waals surface area contributed by atoms with Crippen LogP contribution in [0, 0.1) is 0 Å². The van der Waals surface area contributed by atoms with Gasteiger partial charge in [-0.25, -0.2) is 4.79 Å². The summed E-state index contributed by atoms with van der Waals surface area (Å²) >= 11 is 0. The second-order valence-electron chi connectivity index (χ2n) is 7.12. The highest BCUT2D eigenvalue weighted by atomic mass is 16.5. The van der Waals surface area contributed by atoms with Gasteiger partial charge in [0.25, 0.3) is 5.91 Å². The number of methoxy groups -OCH3 is 1. The molecule has 2 aromatic rings. The van der Waals surface area contributed by atoms with Crippen molar-refractivity contribution in [3.05, 3.63) is 54.1 Å². The zero-order valence-corrected chi connectivity index (χ0v) is 17.3. The van der Waals surface area contributed by atoms with Crippen LogP contribution in [-0.2, 0) is 20.9 Å². The van der Waals surface area contributed by atoms with E-state index in [4.69, 9.17) is 4.74 Å². The maximum atomic E-state index is 12.6. The Balaban J connectivity index is 1.52. The summed E-state index contributed by atoms with van der Waals surface area (Å²) in [4.78, 5) is 49.4. The minimum Gasteiger partial charge on any atom is -0.497 e. The number of carbonyl (C=O) groups is 4. The summed E-state index contributed by atoms with van der Waals surface area (Å²) in [5, 5.41) is 8.00. The molecule has 0 aliphatic carbocycles. The molecule has 2 aromatic carbocycles. The first kappa shape index (κ1) is 21.8. The third-order valence-corrected chi connectivity index (χ3v) is 4.73. The Morgan fingerprint density at radius 3 is 2.39 bits per heavy atom. The Bertz CT molecular complexity index is 990. The van der Waals surface area contributed by atoms with Gasteiger partial charge in [0.05, 0.1) is 13.7 Å². The number of benzene rings is 2. The van der Waals surface area contributed by atoms with Crippen molar-refractivity contribution < 1.29 is 23.9 Å². The SMILES string of the molecule is COc1ccc(CN2C(=O)N[C@H](CCC(=O)Nc3cccc(NC(C)=O)c3)C2=O)cc1. The lowest BCUT2D eigenvalue weighted by Gasteiger charge is -2.13. The second-order valence-corrected chi connectivity index (χ2v) is 7.12. The molecule has 1 heterocycles. The molecule has 162 valence electrons. The van der Waals surface area contributed by atoms with Crippen LogP contribution in [0.4, 0.5) is 16.2 Å². The van der Waals surface area contributed by atoms with Crippen molar-refractivity contribution in [1.82, 2.24) is 10.2 Å². The number of nitrogens with zero attached hydrogens (tertiary/aromatic N) is 1. The van der Waals surface area contributed by atoms with E-state index in [-0.39, 0.29) is 37.1 Å². The molecule has 1 aliphatic heterocycles. The molecule has 0 unspecified atom stereocenters. The fraction of sp³-hybridized carbons (Fsp3) is 0.273. The third kappa shape index (κ3) is 5.81. The molecule has 9 nitrogen and oxygen atoms in total. The lowest BCUT2D eigenvalue weighted by Crippen LogP contribution is -2.31. The van der Waals surface area contributed by atoms with E-state index in [0.717, 1.165) is 10.5 Å². The van der Waals surface area contributed by atoms with Gasteiger partial charge in [0.15, 0.2) is 0 Å². The molecule has 31 heavy (non-hydrogen) atoms. The number of urea groups is 1. The molecule has 1 aliphatic rings. The Morgan fingerprint density at radius 2 is 1.74 bits per heavy atom. The number of rotatable bonds is 8. The van der Waals surface area contributed by atoms with E-state index < -0.39 is 12.1 Å². The molecule has 5 amide bonds. The lowest BCUT2D eigenvalue weighted by molar-refractivity contribution is -0.128. The number of hydrogen-bond donors (Lipinski definition) is 3. The molecule has 1 atom stereocenters. The largest absolute Gasteiger partial charge is 0.497 e. The summed E-state index contributed by atoms with van der Waals surface area (Å²) in [5.74, 6) is -0.178. The maximum absolute atomic E-state index is 12.6. The zero-order valence-electron chi connectivity index (χ0n) is 17.3. The minimum atomic E-state index is -0.748. The number of ether oxygens (including phenoxy) is 1. The van der Waals surface area contributed by atoms with Crippen LogP contribution in [0.25, 0.3) is 0 Å².